The van der Waals surface area contributed by atoms with E-state index < -0.39 is 12.0 Å². The van der Waals surface area contributed by atoms with Crippen molar-refractivity contribution in [1.82, 2.24) is 9.80 Å². The molecule has 2 aliphatic rings. The Hall–Kier alpha value is -2.11. The minimum Gasteiger partial charge on any atom is -0.493 e. The Labute approximate surface area is 160 Å². The maximum atomic E-state index is 12.4. The molecule has 1 N–H and O–H groups in total. The number of piperazine rings is 1. The Balaban J connectivity index is 1.65. The average Bonchev–Trinajstić information content (AvgIpc) is 3.49. The molecule has 27 heavy (non-hydrogen) atoms. The summed E-state index contributed by atoms with van der Waals surface area (Å²) in [6.07, 6.45) is 2.71. The summed E-state index contributed by atoms with van der Waals surface area (Å²) in [6, 6.07) is 11.2. The van der Waals surface area contributed by atoms with Gasteiger partial charge in [0.1, 0.15) is 11.8 Å². The zero-order valence-corrected chi connectivity index (χ0v) is 15.9. The topological polar surface area (TPSA) is 53.0 Å². The zero-order valence-electron chi connectivity index (χ0n) is 15.9. The Kier molecular flexibility index (Phi) is 5.32. The van der Waals surface area contributed by atoms with Gasteiger partial charge in [0.2, 0.25) is 0 Å². The molecule has 0 radical (unpaired) electrons. The second-order valence-electron chi connectivity index (χ2n) is 7.65. The van der Waals surface area contributed by atoms with Crippen LogP contribution in [0, 0.1) is 5.92 Å². The van der Waals surface area contributed by atoms with E-state index >= 15 is 0 Å². The number of hydrogen-bond acceptors (Lipinski definition) is 4. The highest BCUT2D eigenvalue weighted by molar-refractivity contribution is 5.92. The molecule has 144 valence electrons. The van der Waals surface area contributed by atoms with E-state index in [9.17, 15) is 9.90 Å². The molecule has 0 amide bonds. The largest absolute Gasteiger partial charge is 0.493 e. The summed E-state index contributed by atoms with van der Waals surface area (Å²) in [7, 11) is 0. The molecule has 4 rings (SSSR count). The van der Waals surface area contributed by atoms with E-state index in [0.29, 0.717) is 12.4 Å². The molecule has 1 aliphatic carbocycles. The van der Waals surface area contributed by atoms with E-state index in [1.54, 1.807) is 0 Å². The lowest BCUT2D eigenvalue weighted by atomic mass is 9.96. The van der Waals surface area contributed by atoms with Gasteiger partial charge in [-0.05, 0) is 42.5 Å². The summed E-state index contributed by atoms with van der Waals surface area (Å²) in [5.41, 5.74) is 0.790. The van der Waals surface area contributed by atoms with Gasteiger partial charge in [0.15, 0.2) is 0 Å². The van der Waals surface area contributed by atoms with Crippen molar-refractivity contribution in [3.63, 3.8) is 0 Å². The second kappa shape index (κ2) is 7.87. The van der Waals surface area contributed by atoms with Crippen molar-refractivity contribution in [2.24, 2.45) is 5.92 Å². The van der Waals surface area contributed by atoms with Crippen molar-refractivity contribution in [2.45, 2.75) is 25.8 Å². The van der Waals surface area contributed by atoms with E-state index in [1.165, 1.54) is 19.4 Å². The van der Waals surface area contributed by atoms with Crippen LogP contribution in [0.25, 0.3) is 10.8 Å². The van der Waals surface area contributed by atoms with Gasteiger partial charge in [-0.3, -0.25) is 9.69 Å². The number of carbonyl (C=O) groups is 1. The van der Waals surface area contributed by atoms with Crippen LogP contribution in [-0.4, -0.2) is 60.2 Å². The monoisotopic (exact) mass is 368 g/mol. The summed E-state index contributed by atoms with van der Waals surface area (Å²) >= 11 is 0. The molecule has 5 nitrogen and oxygen atoms in total. The van der Waals surface area contributed by atoms with Gasteiger partial charge < -0.3 is 14.7 Å². The molecule has 1 heterocycles. The van der Waals surface area contributed by atoms with Crippen LogP contribution in [0.15, 0.2) is 36.4 Å². The van der Waals surface area contributed by atoms with Crippen molar-refractivity contribution in [1.29, 1.82) is 0 Å². The first kappa shape index (κ1) is 18.3. The van der Waals surface area contributed by atoms with Gasteiger partial charge in [-0.15, -0.1) is 0 Å². The van der Waals surface area contributed by atoms with Crippen LogP contribution in [-0.2, 0) is 4.79 Å². The highest BCUT2D eigenvalue weighted by Gasteiger charge is 2.34. The van der Waals surface area contributed by atoms with E-state index in [0.717, 1.165) is 48.4 Å². The van der Waals surface area contributed by atoms with E-state index in [1.807, 2.05) is 43.3 Å². The summed E-state index contributed by atoms with van der Waals surface area (Å²) in [5.74, 6) is 0.751. The highest BCUT2D eigenvalue weighted by Crippen LogP contribution is 2.37. The number of carboxylic acids is 1. The lowest BCUT2D eigenvalue weighted by Crippen LogP contribution is -2.49. The fraction of sp³-hybridized carbons (Fsp3) is 0.500. The molecule has 0 bridgehead atoms. The molecule has 0 spiro atoms. The molecular formula is C22H28N2O3. The van der Waals surface area contributed by atoms with Crippen molar-refractivity contribution in [3.05, 3.63) is 42.0 Å². The second-order valence-corrected chi connectivity index (χ2v) is 7.65. The molecule has 1 saturated carbocycles. The summed E-state index contributed by atoms with van der Waals surface area (Å²) in [6.45, 7) is 7.06. The first-order chi connectivity index (χ1) is 13.2. The van der Waals surface area contributed by atoms with Crippen LogP contribution in [0.3, 0.4) is 0 Å². The number of aliphatic carboxylic acids is 1. The van der Waals surface area contributed by atoms with Crippen molar-refractivity contribution < 1.29 is 14.6 Å². The lowest BCUT2D eigenvalue weighted by Gasteiger charge is -2.38. The van der Waals surface area contributed by atoms with E-state index in [2.05, 4.69) is 9.80 Å². The van der Waals surface area contributed by atoms with Gasteiger partial charge in [-0.25, -0.2) is 0 Å². The summed E-state index contributed by atoms with van der Waals surface area (Å²) < 4.78 is 5.85. The Bertz CT molecular complexity index is 810. The van der Waals surface area contributed by atoms with Gasteiger partial charge in [-0.1, -0.05) is 30.3 Å². The SMILES string of the molecule is CCOc1ccc2ccccc2c1C(C(=O)O)N1CCN(CC2CC2)CC1. The third-order valence-corrected chi connectivity index (χ3v) is 5.72. The van der Waals surface area contributed by atoms with Crippen molar-refractivity contribution in [2.75, 3.05) is 39.3 Å². The Morgan fingerprint density at radius 1 is 1.15 bits per heavy atom. The van der Waals surface area contributed by atoms with Crippen LogP contribution < -0.4 is 4.74 Å². The molecule has 2 aromatic rings. The third kappa shape index (κ3) is 3.94. The molecule has 2 fully saturated rings. The Morgan fingerprint density at radius 2 is 1.89 bits per heavy atom. The fourth-order valence-corrected chi connectivity index (χ4v) is 4.17. The van der Waals surface area contributed by atoms with Crippen LogP contribution in [0.5, 0.6) is 5.75 Å². The maximum absolute atomic E-state index is 12.4. The molecular weight excluding hydrogens is 340 g/mol. The molecule has 1 aliphatic heterocycles. The van der Waals surface area contributed by atoms with Crippen LogP contribution in [0.4, 0.5) is 0 Å². The van der Waals surface area contributed by atoms with Crippen molar-refractivity contribution >= 4 is 16.7 Å². The summed E-state index contributed by atoms with van der Waals surface area (Å²) in [4.78, 5) is 17.0. The molecule has 0 aromatic heterocycles. The lowest BCUT2D eigenvalue weighted by molar-refractivity contribution is -0.144. The average molecular weight is 368 g/mol. The molecule has 1 unspecified atom stereocenters. The smallest absolute Gasteiger partial charge is 0.325 e. The van der Waals surface area contributed by atoms with E-state index in [-0.39, 0.29) is 0 Å². The normalized spacial score (nSPS) is 19.9. The number of rotatable bonds is 7. The highest BCUT2D eigenvalue weighted by atomic mass is 16.5. The minimum absolute atomic E-state index is 0.521. The van der Waals surface area contributed by atoms with Crippen LogP contribution in [0.1, 0.15) is 31.4 Å². The first-order valence-corrected chi connectivity index (χ1v) is 10.0. The van der Waals surface area contributed by atoms with Gasteiger partial charge in [0.05, 0.1) is 6.61 Å². The van der Waals surface area contributed by atoms with Crippen LogP contribution >= 0.6 is 0 Å². The Morgan fingerprint density at radius 3 is 2.56 bits per heavy atom. The van der Waals surface area contributed by atoms with Gasteiger partial charge >= 0.3 is 5.97 Å². The number of carboxylic acid groups (broad SMARTS) is 1. The zero-order chi connectivity index (χ0) is 18.8. The number of nitrogens with zero attached hydrogens (tertiary/aromatic N) is 2. The molecule has 1 atom stereocenters. The van der Waals surface area contributed by atoms with Gasteiger partial charge in [0, 0.05) is 38.3 Å². The van der Waals surface area contributed by atoms with Crippen LogP contribution in [0.2, 0.25) is 0 Å². The molecule has 5 heteroatoms. The predicted molar refractivity (Wildman–Crippen MR) is 106 cm³/mol. The third-order valence-electron chi connectivity index (χ3n) is 5.72. The number of hydrogen-bond donors (Lipinski definition) is 1. The molecule has 2 aromatic carbocycles. The molecule has 1 saturated heterocycles. The van der Waals surface area contributed by atoms with Crippen molar-refractivity contribution in [3.8, 4) is 5.75 Å². The minimum atomic E-state index is -0.803. The fourth-order valence-electron chi connectivity index (χ4n) is 4.17. The quantitative estimate of drug-likeness (QED) is 0.812. The maximum Gasteiger partial charge on any atom is 0.325 e. The number of fused-ring (bicyclic) bond motifs is 1. The predicted octanol–water partition coefficient (Wildman–Crippen LogP) is 3.39. The van der Waals surface area contributed by atoms with E-state index in [4.69, 9.17) is 4.74 Å². The van der Waals surface area contributed by atoms with Gasteiger partial charge in [-0.2, -0.15) is 0 Å². The standard InChI is InChI=1S/C22H28N2O3/c1-2-27-19-10-9-17-5-3-4-6-18(17)20(19)21(22(25)26)24-13-11-23(12-14-24)15-16-7-8-16/h3-6,9-10,16,21H,2,7-8,11-15H2,1H3,(H,25,26). The number of benzene rings is 2. The van der Waals surface area contributed by atoms with Gasteiger partial charge in [0.25, 0.3) is 0 Å². The first-order valence-electron chi connectivity index (χ1n) is 10.0. The number of ether oxygens (including phenoxy) is 1. The summed E-state index contributed by atoms with van der Waals surface area (Å²) in [5, 5.41) is 12.2.